The first-order valence-corrected chi connectivity index (χ1v) is 8.07. The van der Waals surface area contributed by atoms with E-state index in [1.807, 2.05) is 18.2 Å². The first-order valence-electron chi connectivity index (χ1n) is 7.69. The van der Waals surface area contributed by atoms with Gasteiger partial charge in [-0.05, 0) is 42.0 Å². The average molecular weight is 353 g/mol. The lowest BCUT2D eigenvalue weighted by Crippen LogP contribution is -2.10. The van der Waals surface area contributed by atoms with Crippen LogP contribution in [0.1, 0.15) is 5.56 Å². The molecule has 5 heteroatoms. The second kappa shape index (κ2) is 6.49. The molecule has 0 saturated heterocycles. The summed E-state index contributed by atoms with van der Waals surface area (Å²) < 4.78 is 17.1. The second-order valence-corrected chi connectivity index (χ2v) is 5.92. The monoisotopic (exact) mass is 352 g/mol. The normalized spacial score (nSPS) is 10.9. The maximum Gasteiger partial charge on any atom is 0.235 e. The molecular formula is C20H13ClO4. The van der Waals surface area contributed by atoms with Crippen LogP contribution in [0.15, 0.2) is 80.6 Å². The van der Waals surface area contributed by atoms with Crippen LogP contribution in [0.4, 0.5) is 0 Å². The van der Waals surface area contributed by atoms with E-state index < -0.39 is 0 Å². The zero-order valence-electron chi connectivity index (χ0n) is 13.1. The fourth-order valence-electron chi connectivity index (χ4n) is 2.61. The number of benzene rings is 2. The van der Waals surface area contributed by atoms with Gasteiger partial charge in [-0.1, -0.05) is 35.9 Å². The minimum absolute atomic E-state index is 0.119. The molecule has 2 aromatic carbocycles. The lowest BCUT2D eigenvalue weighted by atomic mass is 10.2. The van der Waals surface area contributed by atoms with Crippen molar-refractivity contribution in [2.45, 2.75) is 6.61 Å². The van der Waals surface area contributed by atoms with Crippen molar-refractivity contribution in [1.29, 1.82) is 0 Å². The quantitative estimate of drug-likeness (QED) is 0.501. The Labute approximate surface area is 148 Å². The van der Waals surface area contributed by atoms with Crippen LogP contribution in [-0.2, 0) is 6.61 Å². The summed E-state index contributed by atoms with van der Waals surface area (Å²) in [5.74, 6) is 0.827. The second-order valence-electron chi connectivity index (χ2n) is 5.48. The van der Waals surface area contributed by atoms with Gasteiger partial charge in [-0.2, -0.15) is 0 Å². The van der Waals surface area contributed by atoms with Gasteiger partial charge in [0.1, 0.15) is 12.2 Å². The molecule has 124 valence electrons. The van der Waals surface area contributed by atoms with E-state index >= 15 is 0 Å². The summed E-state index contributed by atoms with van der Waals surface area (Å²) >= 11 is 6.00. The first-order chi connectivity index (χ1) is 12.2. The molecule has 0 spiro atoms. The van der Waals surface area contributed by atoms with Crippen molar-refractivity contribution in [3.05, 3.63) is 87.7 Å². The fraction of sp³-hybridized carbons (Fsp3) is 0.0500. The molecule has 2 aromatic heterocycles. The molecular weight excluding hydrogens is 340 g/mol. The maximum absolute atomic E-state index is 12.9. The molecule has 0 unspecified atom stereocenters. The lowest BCUT2D eigenvalue weighted by Gasteiger charge is -2.10. The molecule has 0 fully saturated rings. The maximum atomic E-state index is 12.9. The summed E-state index contributed by atoms with van der Waals surface area (Å²) in [5, 5.41) is 1.07. The van der Waals surface area contributed by atoms with Gasteiger partial charge in [0.05, 0.1) is 11.6 Å². The minimum Gasteiger partial charge on any atom is -0.481 e. The van der Waals surface area contributed by atoms with Gasteiger partial charge in [0.2, 0.25) is 16.9 Å². The Hall–Kier alpha value is -2.98. The van der Waals surface area contributed by atoms with Crippen molar-refractivity contribution in [2.24, 2.45) is 0 Å². The van der Waals surface area contributed by atoms with Gasteiger partial charge in [-0.3, -0.25) is 4.79 Å². The molecule has 4 nitrogen and oxygen atoms in total. The third-order valence-corrected chi connectivity index (χ3v) is 4.01. The summed E-state index contributed by atoms with van der Waals surface area (Å²) in [6.45, 7) is 0.192. The third kappa shape index (κ3) is 3.04. The van der Waals surface area contributed by atoms with Gasteiger partial charge in [0, 0.05) is 5.02 Å². The highest BCUT2D eigenvalue weighted by Crippen LogP contribution is 2.31. The Kier molecular flexibility index (Phi) is 4.04. The first kappa shape index (κ1) is 15.5. The van der Waals surface area contributed by atoms with Crippen LogP contribution in [0.5, 0.6) is 5.75 Å². The molecule has 0 aliphatic heterocycles. The van der Waals surface area contributed by atoms with E-state index in [4.69, 9.17) is 25.2 Å². The molecule has 0 saturated carbocycles. The van der Waals surface area contributed by atoms with Crippen LogP contribution in [0.2, 0.25) is 5.02 Å². The van der Waals surface area contributed by atoms with Gasteiger partial charge in [-0.25, -0.2) is 0 Å². The number of ether oxygens (including phenoxy) is 1. The van der Waals surface area contributed by atoms with Crippen molar-refractivity contribution >= 4 is 22.6 Å². The molecule has 0 amide bonds. The molecule has 0 aliphatic carbocycles. The number of rotatable bonds is 4. The van der Waals surface area contributed by atoms with Crippen molar-refractivity contribution in [1.82, 2.24) is 0 Å². The van der Waals surface area contributed by atoms with Crippen molar-refractivity contribution in [3.63, 3.8) is 0 Å². The van der Waals surface area contributed by atoms with Crippen LogP contribution >= 0.6 is 11.6 Å². The van der Waals surface area contributed by atoms with Gasteiger partial charge >= 0.3 is 0 Å². The van der Waals surface area contributed by atoms with Crippen LogP contribution in [0.3, 0.4) is 0 Å². The van der Waals surface area contributed by atoms with Crippen molar-refractivity contribution in [3.8, 4) is 17.3 Å². The Morgan fingerprint density at radius 1 is 1.00 bits per heavy atom. The zero-order valence-corrected chi connectivity index (χ0v) is 13.8. The van der Waals surface area contributed by atoms with Gasteiger partial charge in [0.15, 0.2) is 5.76 Å². The minimum atomic E-state index is -0.240. The molecule has 4 aromatic rings. The largest absolute Gasteiger partial charge is 0.481 e. The van der Waals surface area contributed by atoms with E-state index in [1.54, 1.807) is 42.5 Å². The highest BCUT2D eigenvalue weighted by Gasteiger charge is 2.19. The smallest absolute Gasteiger partial charge is 0.235 e. The predicted molar refractivity (Wildman–Crippen MR) is 96.0 cm³/mol. The number of hydrogen-bond acceptors (Lipinski definition) is 4. The van der Waals surface area contributed by atoms with E-state index in [1.165, 1.54) is 6.26 Å². The highest BCUT2D eigenvalue weighted by molar-refractivity contribution is 6.30. The molecule has 4 rings (SSSR count). The Bertz CT molecular complexity index is 1080. The third-order valence-electron chi connectivity index (χ3n) is 3.77. The Morgan fingerprint density at radius 2 is 1.88 bits per heavy atom. The molecule has 0 aliphatic rings. The van der Waals surface area contributed by atoms with Crippen LogP contribution in [0, 0.1) is 0 Å². The molecule has 0 atom stereocenters. The van der Waals surface area contributed by atoms with E-state index in [2.05, 4.69) is 0 Å². The Morgan fingerprint density at radius 3 is 2.68 bits per heavy atom. The van der Waals surface area contributed by atoms with E-state index in [9.17, 15) is 4.79 Å². The topological polar surface area (TPSA) is 52.6 Å². The van der Waals surface area contributed by atoms with Gasteiger partial charge in [-0.15, -0.1) is 0 Å². The summed E-state index contributed by atoms with van der Waals surface area (Å²) in [6, 6.07) is 17.8. The van der Waals surface area contributed by atoms with Gasteiger partial charge < -0.3 is 13.6 Å². The molecule has 0 radical (unpaired) electrons. The summed E-state index contributed by atoms with van der Waals surface area (Å²) in [5.41, 5.74) is 1.09. The number of fused-ring (bicyclic) bond motifs is 1. The molecule has 2 heterocycles. The SMILES string of the molecule is O=c1c(OCc2cccc(Cl)c2)c(-c2ccco2)oc2ccccc12. The Balaban J connectivity index is 1.82. The predicted octanol–water partition coefficient (Wildman–Crippen LogP) is 5.29. The van der Waals surface area contributed by atoms with Crippen LogP contribution < -0.4 is 10.2 Å². The number of furan rings is 1. The molecule has 0 bridgehead atoms. The van der Waals surface area contributed by atoms with E-state index in [-0.39, 0.29) is 23.5 Å². The lowest BCUT2D eigenvalue weighted by molar-refractivity contribution is 0.296. The van der Waals surface area contributed by atoms with E-state index in [0.29, 0.717) is 21.8 Å². The van der Waals surface area contributed by atoms with E-state index in [0.717, 1.165) is 5.56 Å². The van der Waals surface area contributed by atoms with Crippen molar-refractivity contribution in [2.75, 3.05) is 0 Å². The highest BCUT2D eigenvalue weighted by atomic mass is 35.5. The number of para-hydroxylation sites is 1. The number of hydrogen-bond donors (Lipinski definition) is 0. The molecule has 25 heavy (non-hydrogen) atoms. The number of halogens is 1. The van der Waals surface area contributed by atoms with Crippen LogP contribution in [0.25, 0.3) is 22.5 Å². The van der Waals surface area contributed by atoms with Gasteiger partial charge in [0.25, 0.3) is 0 Å². The van der Waals surface area contributed by atoms with Crippen LogP contribution in [-0.4, -0.2) is 0 Å². The average Bonchev–Trinajstić information content (AvgIpc) is 3.15. The zero-order chi connectivity index (χ0) is 17.2. The summed E-state index contributed by atoms with van der Waals surface area (Å²) in [4.78, 5) is 12.9. The summed E-state index contributed by atoms with van der Waals surface area (Å²) in [6.07, 6.45) is 1.52. The van der Waals surface area contributed by atoms with Crippen molar-refractivity contribution < 1.29 is 13.6 Å². The molecule has 0 N–H and O–H groups in total. The fourth-order valence-corrected chi connectivity index (χ4v) is 2.82. The summed E-state index contributed by atoms with van der Waals surface area (Å²) in [7, 11) is 0. The standard InChI is InChI=1S/C20H13ClO4/c21-14-6-3-5-13(11-14)12-24-20-18(22)15-7-1-2-8-16(15)25-19(20)17-9-4-10-23-17/h1-11H,12H2.